The Bertz CT molecular complexity index is 347. The van der Waals surface area contributed by atoms with E-state index in [4.69, 9.17) is 10.5 Å². The summed E-state index contributed by atoms with van der Waals surface area (Å²) < 4.78 is 28.0. The molecule has 0 spiro atoms. The molecule has 2 atom stereocenters. The molecule has 5 nitrogen and oxygen atoms in total. The topological polar surface area (TPSA) is 89.6 Å². The first-order valence-electron chi connectivity index (χ1n) is 5.16. The van der Waals surface area contributed by atoms with Gasteiger partial charge in [-0.1, -0.05) is 0 Å². The predicted molar refractivity (Wildman–Crippen MR) is 55.2 cm³/mol. The van der Waals surface area contributed by atoms with Gasteiger partial charge in [-0.15, -0.1) is 0 Å². The minimum Gasteiger partial charge on any atom is -0.387 e. The first kappa shape index (κ1) is 11.3. The van der Waals surface area contributed by atoms with Crippen LogP contribution < -0.4 is 5.73 Å². The van der Waals surface area contributed by atoms with Crippen LogP contribution in [0.1, 0.15) is 19.3 Å². The van der Waals surface area contributed by atoms with Crippen molar-refractivity contribution in [1.82, 2.24) is 0 Å². The van der Waals surface area contributed by atoms with E-state index in [1.165, 1.54) is 0 Å². The van der Waals surface area contributed by atoms with Crippen molar-refractivity contribution in [2.24, 2.45) is 5.73 Å². The van der Waals surface area contributed by atoms with Gasteiger partial charge in [0.2, 0.25) is 0 Å². The molecule has 0 aromatic carbocycles. The van der Waals surface area contributed by atoms with Crippen molar-refractivity contribution < 1.29 is 18.3 Å². The molecule has 2 unspecified atom stereocenters. The third-order valence-corrected chi connectivity index (χ3v) is 5.23. The van der Waals surface area contributed by atoms with Crippen molar-refractivity contribution in [3.63, 3.8) is 0 Å². The molecule has 2 rings (SSSR count). The Hall–Kier alpha value is -0.170. The van der Waals surface area contributed by atoms with E-state index >= 15 is 0 Å². The first-order valence-corrected chi connectivity index (χ1v) is 6.99. The molecular formula is C9H17NO4S. The number of hydrogen-bond acceptors (Lipinski definition) is 5. The normalized spacial score (nSPS) is 45.5. The van der Waals surface area contributed by atoms with Crippen LogP contribution in [0.2, 0.25) is 0 Å². The highest BCUT2D eigenvalue weighted by molar-refractivity contribution is 7.91. The van der Waals surface area contributed by atoms with Gasteiger partial charge in [0, 0.05) is 6.61 Å². The lowest BCUT2D eigenvalue weighted by Crippen LogP contribution is -2.65. The highest BCUT2D eigenvalue weighted by Gasteiger charge is 2.54. The summed E-state index contributed by atoms with van der Waals surface area (Å²) in [6, 6.07) is 0. The number of aliphatic hydroxyl groups is 1. The fourth-order valence-corrected chi connectivity index (χ4v) is 4.36. The van der Waals surface area contributed by atoms with Crippen LogP contribution in [-0.2, 0) is 14.6 Å². The molecule has 0 aliphatic carbocycles. The average molecular weight is 235 g/mol. The minimum atomic E-state index is -3.13. The number of sulfone groups is 1. The maximum atomic E-state index is 11.4. The van der Waals surface area contributed by atoms with E-state index in [1.807, 2.05) is 0 Å². The molecule has 2 aliphatic heterocycles. The van der Waals surface area contributed by atoms with E-state index in [0.29, 0.717) is 13.0 Å². The molecule has 0 radical (unpaired) electrons. The van der Waals surface area contributed by atoms with Crippen LogP contribution in [0.25, 0.3) is 0 Å². The molecule has 2 fully saturated rings. The third-order valence-electron chi connectivity index (χ3n) is 3.48. The number of hydrogen-bond donors (Lipinski definition) is 2. The molecule has 2 aliphatic rings. The molecule has 6 heteroatoms. The smallest absolute Gasteiger partial charge is 0.153 e. The number of nitrogens with two attached hydrogens (primary N) is 1. The molecular weight excluding hydrogens is 218 g/mol. The average Bonchev–Trinajstić information content (AvgIpc) is 2.44. The molecule has 0 bridgehead atoms. The monoisotopic (exact) mass is 235 g/mol. The van der Waals surface area contributed by atoms with Crippen LogP contribution in [0.4, 0.5) is 0 Å². The SMILES string of the molecule is NC1(C2(O)CCS(=O)(=O)C2)CCCOC1. The summed E-state index contributed by atoms with van der Waals surface area (Å²) in [5, 5.41) is 10.3. The minimum absolute atomic E-state index is 0.0302. The lowest BCUT2D eigenvalue weighted by molar-refractivity contribution is -0.0816. The van der Waals surface area contributed by atoms with Crippen molar-refractivity contribution in [1.29, 1.82) is 0 Å². The maximum Gasteiger partial charge on any atom is 0.153 e. The van der Waals surface area contributed by atoms with Gasteiger partial charge in [0.15, 0.2) is 9.84 Å². The molecule has 0 amide bonds. The highest BCUT2D eigenvalue weighted by atomic mass is 32.2. The van der Waals surface area contributed by atoms with Crippen LogP contribution in [0.15, 0.2) is 0 Å². The Morgan fingerprint density at radius 2 is 2.07 bits per heavy atom. The Kier molecular flexibility index (Phi) is 2.57. The van der Waals surface area contributed by atoms with Crippen molar-refractivity contribution in [3.8, 4) is 0 Å². The van der Waals surface area contributed by atoms with Crippen LogP contribution in [0.3, 0.4) is 0 Å². The summed E-state index contributed by atoms with van der Waals surface area (Å²) in [5.74, 6) is -0.192. The Morgan fingerprint density at radius 1 is 1.33 bits per heavy atom. The zero-order valence-corrected chi connectivity index (χ0v) is 9.42. The van der Waals surface area contributed by atoms with Gasteiger partial charge in [0.1, 0.15) is 0 Å². The van der Waals surface area contributed by atoms with Crippen molar-refractivity contribution >= 4 is 9.84 Å². The quantitative estimate of drug-likeness (QED) is 0.611. The van der Waals surface area contributed by atoms with Gasteiger partial charge in [-0.3, -0.25) is 0 Å². The fraction of sp³-hybridized carbons (Fsp3) is 1.00. The summed E-state index contributed by atoms with van der Waals surface area (Å²) in [5.41, 5.74) is 3.89. The molecule has 3 N–H and O–H groups in total. The van der Waals surface area contributed by atoms with Crippen molar-refractivity contribution in [3.05, 3.63) is 0 Å². The summed E-state index contributed by atoms with van der Waals surface area (Å²) >= 11 is 0. The maximum absolute atomic E-state index is 11.4. The Balaban J connectivity index is 2.22. The van der Waals surface area contributed by atoms with E-state index in [-0.39, 0.29) is 24.5 Å². The van der Waals surface area contributed by atoms with E-state index in [2.05, 4.69) is 0 Å². The number of rotatable bonds is 1. The second kappa shape index (κ2) is 3.41. The first-order chi connectivity index (χ1) is 6.87. The third kappa shape index (κ3) is 1.91. The van der Waals surface area contributed by atoms with Crippen LogP contribution in [0, 0.1) is 0 Å². The Labute approximate surface area is 89.5 Å². The molecule has 15 heavy (non-hydrogen) atoms. The van der Waals surface area contributed by atoms with Gasteiger partial charge in [-0.05, 0) is 19.3 Å². The van der Waals surface area contributed by atoms with Gasteiger partial charge in [-0.25, -0.2) is 8.42 Å². The van der Waals surface area contributed by atoms with Crippen molar-refractivity contribution in [2.45, 2.75) is 30.4 Å². The summed E-state index contributed by atoms with van der Waals surface area (Å²) in [4.78, 5) is 0. The van der Waals surface area contributed by atoms with E-state index in [0.717, 1.165) is 6.42 Å². The van der Waals surface area contributed by atoms with Gasteiger partial charge < -0.3 is 15.6 Å². The largest absolute Gasteiger partial charge is 0.387 e. The standard InChI is InChI=1S/C9H17NO4S/c10-8(2-1-4-14-6-8)9(11)3-5-15(12,13)7-9/h11H,1-7,10H2. The summed E-state index contributed by atoms with van der Waals surface area (Å²) in [6.07, 6.45) is 1.63. The number of ether oxygens (including phenoxy) is 1. The van der Waals surface area contributed by atoms with E-state index in [1.54, 1.807) is 0 Å². The zero-order valence-electron chi connectivity index (χ0n) is 8.61. The second-order valence-corrected chi connectivity index (χ2v) is 6.87. The fourth-order valence-electron chi connectivity index (χ4n) is 2.41. The molecule has 0 aromatic rings. The molecule has 88 valence electrons. The molecule has 0 saturated carbocycles. The van der Waals surface area contributed by atoms with Crippen molar-refractivity contribution in [2.75, 3.05) is 24.7 Å². The van der Waals surface area contributed by atoms with Gasteiger partial charge in [-0.2, -0.15) is 0 Å². The summed E-state index contributed by atoms with van der Waals surface area (Å²) in [6.45, 7) is 0.890. The molecule has 2 heterocycles. The van der Waals surface area contributed by atoms with Crippen LogP contribution in [0.5, 0.6) is 0 Å². The van der Waals surface area contributed by atoms with Gasteiger partial charge in [0.05, 0.1) is 29.3 Å². The highest BCUT2D eigenvalue weighted by Crippen LogP contribution is 2.36. The molecule has 0 aromatic heterocycles. The predicted octanol–water partition coefficient (Wildman–Crippen LogP) is -0.956. The zero-order chi connectivity index (χ0) is 11.2. The lowest BCUT2D eigenvalue weighted by atomic mass is 9.76. The van der Waals surface area contributed by atoms with Gasteiger partial charge in [0.25, 0.3) is 0 Å². The lowest BCUT2D eigenvalue weighted by Gasteiger charge is -2.43. The Morgan fingerprint density at radius 3 is 2.53 bits per heavy atom. The van der Waals surface area contributed by atoms with Crippen LogP contribution >= 0.6 is 0 Å². The van der Waals surface area contributed by atoms with Crippen LogP contribution in [-0.4, -0.2) is 49.4 Å². The molecule has 2 saturated heterocycles. The van der Waals surface area contributed by atoms with E-state index in [9.17, 15) is 13.5 Å². The van der Waals surface area contributed by atoms with E-state index < -0.39 is 21.0 Å². The second-order valence-electron chi connectivity index (χ2n) is 4.69. The summed E-state index contributed by atoms with van der Waals surface area (Å²) in [7, 11) is -3.13. The van der Waals surface area contributed by atoms with Gasteiger partial charge >= 0.3 is 0 Å².